The van der Waals surface area contributed by atoms with E-state index >= 15 is 0 Å². The number of rotatable bonds is 4. The van der Waals surface area contributed by atoms with E-state index in [2.05, 4.69) is 0 Å². The first kappa shape index (κ1) is 15.0. The molecule has 1 atom stereocenters. The topological polar surface area (TPSA) is 57.6 Å². The summed E-state index contributed by atoms with van der Waals surface area (Å²) in [4.78, 5) is 23.8. The molecule has 1 amide bonds. The molecule has 19 heavy (non-hydrogen) atoms. The molecule has 0 aliphatic rings. The molecule has 1 N–H and O–H groups in total. The summed E-state index contributed by atoms with van der Waals surface area (Å²) in [5.41, 5.74) is 3.20. The molecule has 0 saturated carbocycles. The van der Waals surface area contributed by atoms with Crippen LogP contribution in [0.4, 0.5) is 0 Å². The number of benzene rings is 1. The van der Waals surface area contributed by atoms with Gasteiger partial charge < -0.3 is 10.0 Å². The first-order chi connectivity index (χ1) is 8.82. The molecule has 0 radical (unpaired) electrons. The maximum Gasteiger partial charge on any atom is 0.326 e. The van der Waals surface area contributed by atoms with Crippen molar-refractivity contribution in [1.82, 2.24) is 4.90 Å². The maximum atomic E-state index is 11.8. The molecule has 0 heterocycles. The highest BCUT2D eigenvalue weighted by atomic mass is 16.4. The van der Waals surface area contributed by atoms with E-state index in [1.165, 1.54) is 24.9 Å². The van der Waals surface area contributed by atoms with Gasteiger partial charge in [-0.3, -0.25) is 4.79 Å². The van der Waals surface area contributed by atoms with Gasteiger partial charge in [0.25, 0.3) is 0 Å². The lowest BCUT2D eigenvalue weighted by Crippen LogP contribution is -2.39. The van der Waals surface area contributed by atoms with Gasteiger partial charge in [-0.2, -0.15) is 0 Å². The summed E-state index contributed by atoms with van der Waals surface area (Å²) in [6, 6.07) is 5.11. The van der Waals surface area contributed by atoms with Gasteiger partial charge in [0.1, 0.15) is 6.04 Å². The summed E-state index contributed by atoms with van der Waals surface area (Å²) in [6.45, 7) is 5.46. The minimum Gasteiger partial charge on any atom is -0.480 e. The van der Waals surface area contributed by atoms with E-state index < -0.39 is 12.0 Å². The highest BCUT2D eigenvalue weighted by molar-refractivity contribution is 5.94. The van der Waals surface area contributed by atoms with Crippen molar-refractivity contribution < 1.29 is 14.7 Å². The van der Waals surface area contributed by atoms with Crippen LogP contribution in [0, 0.1) is 13.8 Å². The highest BCUT2D eigenvalue weighted by Crippen LogP contribution is 2.12. The molecule has 4 nitrogen and oxygen atoms in total. The van der Waals surface area contributed by atoms with Gasteiger partial charge in [0.2, 0.25) is 5.91 Å². The lowest BCUT2D eigenvalue weighted by Gasteiger charge is -2.19. The normalized spacial score (nSPS) is 12.4. The molecule has 102 valence electrons. The first-order valence-corrected chi connectivity index (χ1v) is 6.08. The van der Waals surface area contributed by atoms with Crippen molar-refractivity contribution in [2.24, 2.45) is 0 Å². The number of aliphatic carboxylic acids is 1. The number of amides is 1. The molecular formula is C15H19NO3. The van der Waals surface area contributed by atoms with Crippen molar-refractivity contribution in [3.63, 3.8) is 0 Å². The van der Waals surface area contributed by atoms with Crippen molar-refractivity contribution in [3.8, 4) is 0 Å². The summed E-state index contributed by atoms with van der Waals surface area (Å²) in [5.74, 6) is -1.34. The van der Waals surface area contributed by atoms with Gasteiger partial charge in [-0.25, -0.2) is 4.79 Å². The molecule has 0 aromatic heterocycles. The van der Waals surface area contributed by atoms with Crippen LogP contribution in [0.1, 0.15) is 23.6 Å². The van der Waals surface area contributed by atoms with Crippen LogP contribution in [0.25, 0.3) is 6.08 Å². The van der Waals surface area contributed by atoms with E-state index in [1.807, 2.05) is 32.0 Å². The number of hydrogen-bond donors (Lipinski definition) is 1. The SMILES string of the molecule is Cc1ccc(/C=C/C(=O)N(C)C(C)C(=O)O)c(C)c1. The molecule has 1 unspecified atom stereocenters. The monoisotopic (exact) mass is 261 g/mol. The third-order valence-corrected chi connectivity index (χ3v) is 3.12. The fourth-order valence-corrected chi connectivity index (χ4v) is 1.65. The molecule has 1 aromatic rings. The fourth-order valence-electron chi connectivity index (χ4n) is 1.65. The average molecular weight is 261 g/mol. The van der Waals surface area contributed by atoms with Crippen LogP contribution in [-0.2, 0) is 9.59 Å². The van der Waals surface area contributed by atoms with Gasteiger partial charge in [-0.05, 0) is 38.0 Å². The van der Waals surface area contributed by atoms with Crippen molar-refractivity contribution in [2.45, 2.75) is 26.8 Å². The zero-order chi connectivity index (χ0) is 14.6. The molecule has 0 aliphatic carbocycles. The number of carbonyl (C=O) groups is 2. The third kappa shape index (κ3) is 3.95. The predicted molar refractivity (Wildman–Crippen MR) is 74.8 cm³/mol. The van der Waals surface area contributed by atoms with Crippen LogP contribution < -0.4 is 0 Å². The molecule has 0 aliphatic heterocycles. The van der Waals surface area contributed by atoms with Crippen molar-refractivity contribution >= 4 is 18.0 Å². The van der Waals surface area contributed by atoms with E-state index in [4.69, 9.17) is 5.11 Å². The smallest absolute Gasteiger partial charge is 0.326 e. The van der Waals surface area contributed by atoms with Crippen LogP contribution in [0.3, 0.4) is 0 Å². The van der Waals surface area contributed by atoms with E-state index in [-0.39, 0.29) is 5.91 Å². The Morgan fingerprint density at radius 2 is 1.95 bits per heavy atom. The van der Waals surface area contributed by atoms with E-state index in [1.54, 1.807) is 6.08 Å². The van der Waals surface area contributed by atoms with Crippen LogP contribution in [-0.4, -0.2) is 35.0 Å². The molecule has 0 bridgehead atoms. The van der Waals surface area contributed by atoms with Crippen LogP contribution in [0.2, 0.25) is 0 Å². The summed E-state index contributed by atoms with van der Waals surface area (Å²) >= 11 is 0. The maximum absolute atomic E-state index is 11.8. The number of carboxylic acid groups (broad SMARTS) is 1. The standard InChI is InChI=1S/C15H19NO3/c1-10-5-6-13(11(2)9-10)7-8-14(17)16(4)12(3)15(18)19/h5-9,12H,1-4H3,(H,18,19)/b8-7+. The van der Waals surface area contributed by atoms with Crippen LogP contribution in [0.15, 0.2) is 24.3 Å². The number of hydrogen-bond acceptors (Lipinski definition) is 2. The van der Waals surface area contributed by atoms with E-state index in [0.29, 0.717) is 0 Å². The molecule has 1 aromatic carbocycles. The molecule has 4 heteroatoms. The van der Waals surface area contributed by atoms with Gasteiger partial charge in [-0.15, -0.1) is 0 Å². The van der Waals surface area contributed by atoms with Gasteiger partial charge in [-0.1, -0.05) is 23.8 Å². The van der Waals surface area contributed by atoms with E-state index in [0.717, 1.165) is 16.7 Å². The minimum absolute atomic E-state index is 0.324. The second kappa shape index (κ2) is 6.18. The second-order valence-corrected chi connectivity index (χ2v) is 4.66. The lowest BCUT2D eigenvalue weighted by molar-refractivity contribution is -0.146. The third-order valence-electron chi connectivity index (χ3n) is 3.12. The predicted octanol–water partition coefficient (Wildman–Crippen LogP) is 2.25. The number of likely N-dealkylation sites (N-methyl/N-ethyl adjacent to an activating group) is 1. The van der Waals surface area contributed by atoms with Gasteiger partial charge >= 0.3 is 5.97 Å². The van der Waals surface area contributed by atoms with Gasteiger partial charge in [0, 0.05) is 13.1 Å². The number of aryl methyl sites for hydroxylation is 2. The molecule has 1 rings (SSSR count). The summed E-state index contributed by atoms with van der Waals surface area (Å²) in [6.07, 6.45) is 3.11. The van der Waals surface area contributed by atoms with Gasteiger partial charge in [0.05, 0.1) is 0 Å². The van der Waals surface area contributed by atoms with Gasteiger partial charge in [0.15, 0.2) is 0 Å². The Bertz CT molecular complexity index is 520. The van der Waals surface area contributed by atoms with Crippen molar-refractivity contribution in [2.75, 3.05) is 7.05 Å². The summed E-state index contributed by atoms with van der Waals surface area (Å²) in [5, 5.41) is 8.84. The van der Waals surface area contributed by atoms with Crippen molar-refractivity contribution in [1.29, 1.82) is 0 Å². The Morgan fingerprint density at radius 3 is 2.47 bits per heavy atom. The summed E-state index contributed by atoms with van der Waals surface area (Å²) < 4.78 is 0. The Kier molecular flexibility index (Phi) is 4.87. The average Bonchev–Trinajstić information content (AvgIpc) is 2.35. The highest BCUT2D eigenvalue weighted by Gasteiger charge is 2.19. The van der Waals surface area contributed by atoms with Crippen molar-refractivity contribution in [3.05, 3.63) is 41.0 Å². The number of carbonyl (C=O) groups excluding carboxylic acids is 1. The number of nitrogens with zero attached hydrogens (tertiary/aromatic N) is 1. The van der Waals surface area contributed by atoms with Crippen LogP contribution >= 0.6 is 0 Å². The zero-order valence-corrected chi connectivity index (χ0v) is 11.7. The second-order valence-electron chi connectivity index (χ2n) is 4.66. The fraction of sp³-hybridized carbons (Fsp3) is 0.333. The first-order valence-electron chi connectivity index (χ1n) is 6.08. The Morgan fingerprint density at radius 1 is 1.32 bits per heavy atom. The number of carboxylic acids is 1. The Hall–Kier alpha value is -2.10. The summed E-state index contributed by atoms with van der Waals surface area (Å²) in [7, 11) is 1.48. The quantitative estimate of drug-likeness (QED) is 0.846. The van der Waals surface area contributed by atoms with Crippen LogP contribution in [0.5, 0.6) is 0 Å². The molecule has 0 saturated heterocycles. The molecule has 0 spiro atoms. The lowest BCUT2D eigenvalue weighted by atomic mass is 10.1. The van der Waals surface area contributed by atoms with E-state index in [9.17, 15) is 9.59 Å². The molecule has 0 fully saturated rings. The minimum atomic E-state index is -1.02. The molecular weight excluding hydrogens is 242 g/mol. The Labute approximate surface area is 113 Å². The zero-order valence-electron chi connectivity index (χ0n) is 11.7. The Balaban J connectivity index is 2.81. The largest absolute Gasteiger partial charge is 0.480 e.